The molecule has 3 aromatic rings. The summed E-state index contributed by atoms with van der Waals surface area (Å²) in [6.07, 6.45) is 3.41. The Kier molecular flexibility index (Phi) is 11.3. The van der Waals surface area contributed by atoms with E-state index in [1.165, 1.54) is 6.08 Å². The van der Waals surface area contributed by atoms with Crippen LogP contribution in [0.4, 0.5) is 21.9 Å². The van der Waals surface area contributed by atoms with E-state index in [-0.39, 0.29) is 18.9 Å². The van der Waals surface area contributed by atoms with Gasteiger partial charge in [-0.1, -0.05) is 54.0 Å². The van der Waals surface area contributed by atoms with E-state index in [2.05, 4.69) is 16.0 Å². The molecule has 0 aliphatic heterocycles. The molecule has 3 aromatic carbocycles. The standard InChI is InChI=1S/C31H36BN3O7S/c1-31(2,3)42-30(38)35-27-8-6-5-7-26(27)34-28(36)18-11-21-9-12-22(13-10-21)25(19-20-41-43(4,39)40)29(37)33-24-16-14-23(32)15-17-24/h5-18,25H,19-20,32H2,1-4H3,(H,33,37)(H,34,36)(H,35,38)/b18-11+. The number of rotatable bonds is 11. The minimum Gasteiger partial charge on any atom is -0.444 e. The van der Waals surface area contributed by atoms with Gasteiger partial charge in [-0.2, -0.15) is 8.42 Å². The first-order chi connectivity index (χ1) is 20.2. The van der Waals surface area contributed by atoms with Gasteiger partial charge in [0.2, 0.25) is 11.8 Å². The van der Waals surface area contributed by atoms with Gasteiger partial charge in [-0.25, -0.2) is 4.79 Å². The molecule has 1 atom stereocenters. The number of carbonyl (C=O) groups excluding carboxylic acids is 3. The van der Waals surface area contributed by atoms with Crippen LogP contribution in [0.5, 0.6) is 0 Å². The molecule has 0 saturated carbocycles. The van der Waals surface area contributed by atoms with Gasteiger partial charge >= 0.3 is 6.09 Å². The van der Waals surface area contributed by atoms with Gasteiger partial charge in [0.25, 0.3) is 10.1 Å². The first-order valence-corrected chi connectivity index (χ1v) is 15.4. The maximum Gasteiger partial charge on any atom is 0.412 e. The van der Waals surface area contributed by atoms with Crippen molar-refractivity contribution in [2.24, 2.45) is 0 Å². The van der Waals surface area contributed by atoms with Crippen LogP contribution >= 0.6 is 0 Å². The Bertz CT molecular complexity index is 1570. The number of amides is 3. The predicted octanol–water partition coefficient (Wildman–Crippen LogP) is 4.03. The van der Waals surface area contributed by atoms with Crippen molar-refractivity contribution < 1.29 is 31.7 Å². The molecule has 10 nitrogen and oxygen atoms in total. The predicted molar refractivity (Wildman–Crippen MR) is 172 cm³/mol. The summed E-state index contributed by atoms with van der Waals surface area (Å²) in [5.74, 6) is -1.41. The highest BCUT2D eigenvalue weighted by molar-refractivity contribution is 7.85. The van der Waals surface area contributed by atoms with Crippen LogP contribution in [-0.4, -0.2) is 52.6 Å². The fourth-order valence-electron chi connectivity index (χ4n) is 3.93. The van der Waals surface area contributed by atoms with E-state index in [0.717, 1.165) is 11.7 Å². The van der Waals surface area contributed by atoms with Crippen LogP contribution in [0.3, 0.4) is 0 Å². The summed E-state index contributed by atoms with van der Waals surface area (Å²) in [4.78, 5) is 38.0. The minimum absolute atomic E-state index is 0.138. The Balaban J connectivity index is 1.69. The third-order valence-corrected chi connectivity index (χ3v) is 6.52. The molecule has 0 radical (unpaired) electrons. The van der Waals surface area contributed by atoms with E-state index in [1.54, 1.807) is 87.5 Å². The number of para-hydroxylation sites is 2. The molecule has 12 heteroatoms. The van der Waals surface area contributed by atoms with Crippen LogP contribution in [0.2, 0.25) is 0 Å². The second-order valence-electron chi connectivity index (χ2n) is 10.9. The lowest BCUT2D eigenvalue weighted by molar-refractivity contribution is -0.118. The van der Waals surface area contributed by atoms with Crippen molar-refractivity contribution in [1.29, 1.82) is 0 Å². The Morgan fingerprint density at radius 3 is 2.07 bits per heavy atom. The number of hydrogen-bond donors (Lipinski definition) is 3. The summed E-state index contributed by atoms with van der Waals surface area (Å²) in [6.45, 7) is 5.11. The van der Waals surface area contributed by atoms with Crippen molar-refractivity contribution in [2.75, 3.05) is 28.8 Å². The molecule has 0 bridgehead atoms. The number of nitrogens with one attached hydrogen (secondary N) is 3. The van der Waals surface area contributed by atoms with Gasteiger partial charge in [0.15, 0.2) is 0 Å². The summed E-state index contributed by atoms with van der Waals surface area (Å²) in [5.41, 5.74) is 3.15. The molecule has 0 aliphatic carbocycles. The highest BCUT2D eigenvalue weighted by Crippen LogP contribution is 2.24. The number of benzene rings is 3. The second-order valence-corrected chi connectivity index (χ2v) is 12.5. The molecule has 3 rings (SSSR count). The normalized spacial score (nSPS) is 12.4. The maximum atomic E-state index is 13.2. The van der Waals surface area contributed by atoms with Crippen LogP contribution in [0.15, 0.2) is 78.9 Å². The monoisotopic (exact) mass is 605 g/mol. The molecule has 43 heavy (non-hydrogen) atoms. The van der Waals surface area contributed by atoms with Crippen LogP contribution in [0, 0.1) is 0 Å². The van der Waals surface area contributed by atoms with E-state index in [4.69, 9.17) is 8.92 Å². The first-order valence-electron chi connectivity index (χ1n) is 13.6. The fourth-order valence-corrected chi connectivity index (χ4v) is 4.33. The molecular weight excluding hydrogens is 569 g/mol. The van der Waals surface area contributed by atoms with Crippen LogP contribution in [0.25, 0.3) is 6.08 Å². The molecule has 0 spiro atoms. The number of anilines is 3. The molecule has 3 amide bonds. The van der Waals surface area contributed by atoms with Gasteiger partial charge in [0, 0.05) is 11.8 Å². The SMILES string of the molecule is Bc1ccc(NC(=O)C(CCOS(C)(=O)=O)c2ccc(/C=C/C(=O)Nc3ccccc3NC(=O)OC(C)(C)C)cc2)cc1. The first kappa shape index (κ1) is 33.1. The van der Waals surface area contributed by atoms with Crippen molar-refractivity contribution in [3.8, 4) is 0 Å². The van der Waals surface area contributed by atoms with Crippen molar-refractivity contribution >= 4 is 64.5 Å². The zero-order chi connectivity index (χ0) is 31.6. The number of hydrogen-bond acceptors (Lipinski definition) is 7. The number of carbonyl (C=O) groups is 3. The van der Waals surface area contributed by atoms with E-state index < -0.39 is 33.6 Å². The molecule has 0 fully saturated rings. The quantitative estimate of drug-likeness (QED) is 0.170. The van der Waals surface area contributed by atoms with Crippen molar-refractivity contribution in [3.63, 3.8) is 0 Å². The summed E-state index contributed by atoms with van der Waals surface area (Å²) in [6, 6.07) is 21.1. The maximum absolute atomic E-state index is 13.2. The van der Waals surface area contributed by atoms with E-state index >= 15 is 0 Å². The smallest absolute Gasteiger partial charge is 0.412 e. The largest absolute Gasteiger partial charge is 0.444 e. The molecule has 0 aliphatic rings. The Morgan fingerprint density at radius 1 is 0.884 bits per heavy atom. The van der Waals surface area contributed by atoms with Crippen molar-refractivity contribution in [3.05, 3.63) is 90.0 Å². The summed E-state index contributed by atoms with van der Waals surface area (Å²) in [7, 11) is -1.71. The van der Waals surface area contributed by atoms with E-state index in [0.29, 0.717) is 28.2 Å². The van der Waals surface area contributed by atoms with Gasteiger partial charge in [0.1, 0.15) is 13.4 Å². The molecule has 1 unspecified atom stereocenters. The van der Waals surface area contributed by atoms with Gasteiger partial charge in [0.05, 0.1) is 30.2 Å². The lowest BCUT2D eigenvalue weighted by Gasteiger charge is -2.20. The highest BCUT2D eigenvalue weighted by atomic mass is 32.2. The van der Waals surface area contributed by atoms with Gasteiger partial charge in [-0.15, -0.1) is 0 Å². The molecule has 226 valence electrons. The average molecular weight is 606 g/mol. The summed E-state index contributed by atoms with van der Waals surface area (Å²) in [5, 5.41) is 8.26. The topological polar surface area (TPSA) is 140 Å². The van der Waals surface area contributed by atoms with Crippen molar-refractivity contribution in [1.82, 2.24) is 0 Å². The lowest BCUT2D eigenvalue weighted by Crippen LogP contribution is -2.27. The average Bonchev–Trinajstić information content (AvgIpc) is 2.91. The van der Waals surface area contributed by atoms with E-state index in [9.17, 15) is 22.8 Å². The zero-order valence-corrected chi connectivity index (χ0v) is 25.7. The summed E-state index contributed by atoms with van der Waals surface area (Å²) >= 11 is 0. The minimum atomic E-state index is -3.66. The fraction of sp³-hybridized carbons (Fsp3) is 0.258. The van der Waals surface area contributed by atoms with Crippen LogP contribution < -0.4 is 21.4 Å². The third kappa shape index (κ3) is 11.8. The Morgan fingerprint density at radius 2 is 1.49 bits per heavy atom. The van der Waals surface area contributed by atoms with Gasteiger partial charge in [-0.05, 0) is 68.7 Å². The van der Waals surface area contributed by atoms with Crippen LogP contribution in [0.1, 0.15) is 44.2 Å². The lowest BCUT2D eigenvalue weighted by atomic mass is 9.93. The third-order valence-electron chi connectivity index (χ3n) is 5.93. The van der Waals surface area contributed by atoms with Crippen LogP contribution in [-0.2, 0) is 28.6 Å². The zero-order valence-electron chi connectivity index (χ0n) is 24.8. The summed E-state index contributed by atoms with van der Waals surface area (Å²) < 4.78 is 33.1. The molecule has 0 aromatic heterocycles. The Labute approximate surface area is 253 Å². The van der Waals surface area contributed by atoms with E-state index in [1.807, 2.05) is 20.0 Å². The molecular formula is C31H36BN3O7S. The molecule has 0 saturated heterocycles. The molecule has 0 heterocycles. The highest BCUT2D eigenvalue weighted by Gasteiger charge is 2.22. The second kappa shape index (κ2) is 14.7. The van der Waals surface area contributed by atoms with Gasteiger partial charge in [-0.3, -0.25) is 19.1 Å². The number of ether oxygens (including phenoxy) is 1. The van der Waals surface area contributed by atoms with Crippen molar-refractivity contribution in [2.45, 2.75) is 38.7 Å². The Hall–Kier alpha value is -4.42. The van der Waals surface area contributed by atoms with Gasteiger partial charge < -0.3 is 15.4 Å². The molecule has 3 N–H and O–H groups in total.